The minimum absolute atomic E-state index is 0.0187. The van der Waals surface area contributed by atoms with E-state index >= 15 is 0 Å². The van der Waals surface area contributed by atoms with Gasteiger partial charge < -0.3 is 10.3 Å². The number of Topliss-reactive ketones (excluding diaryl/α,β-unsaturated/α-hetero) is 2. The van der Waals surface area contributed by atoms with Crippen LogP contribution in [0.1, 0.15) is 50.7 Å². The maximum atomic E-state index is 13.2. The highest BCUT2D eigenvalue weighted by Crippen LogP contribution is 2.49. The predicted octanol–water partition coefficient (Wildman–Crippen LogP) is 4.96. The average molecular weight is 478 g/mol. The van der Waals surface area contributed by atoms with Crippen LogP contribution in [0.2, 0.25) is 10.0 Å². The summed E-state index contributed by atoms with van der Waals surface area (Å²) in [5.74, 6) is -0.102. The third-order valence-corrected chi connectivity index (χ3v) is 6.97. The summed E-state index contributed by atoms with van der Waals surface area (Å²) in [6, 6.07) is 5.05. The molecule has 2 aliphatic rings. The predicted molar refractivity (Wildman–Crippen MR) is 123 cm³/mol. The third-order valence-electron chi connectivity index (χ3n) is 5.39. The van der Waals surface area contributed by atoms with Gasteiger partial charge in [-0.3, -0.25) is 14.4 Å². The number of halogens is 2. The van der Waals surface area contributed by atoms with Crippen LogP contribution >= 0.6 is 35.0 Å². The normalized spacial score (nSPS) is 19.5. The van der Waals surface area contributed by atoms with Crippen LogP contribution < -0.4 is 10.9 Å². The highest BCUT2D eigenvalue weighted by Gasteiger charge is 2.43. The lowest BCUT2D eigenvalue weighted by Gasteiger charge is -2.38. The lowest BCUT2D eigenvalue weighted by atomic mass is 9.69. The van der Waals surface area contributed by atoms with Gasteiger partial charge in [-0.25, -0.2) is 4.98 Å². The summed E-state index contributed by atoms with van der Waals surface area (Å²) >= 11 is 13.8. The number of allylic oxidation sites excluding steroid dienone is 2. The van der Waals surface area contributed by atoms with Gasteiger partial charge in [-0.05, 0) is 36.5 Å². The number of aromatic nitrogens is 2. The summed E-state index contributed by atoms with van der Waals surface area (Å²) in [5, 5.41) is 4.44. The molecular weight excluding hydrogens is 457 g/mol. The summed E-state index contributed by atoms with van der Waals surface area (Å²) in [6.07, 6.45) is 1.02. The van der Waals surface area contributed by atoms with Crippen molar-refractivity contribution in [2.75, 3.05) is 11.1 Å². The van der Waals surface area contributed by atoms with E-state index in [-0.39, 0.29) is 28.3 Å². The second kappa shape index (κ2) is 8.11. The molecule has 0 fully saturated rings. The van der Waals surface area contributed by atoms with Crippen LogP contribution in [0.3, 0.4) is 0 Å². The van der Waals surface area contributed by atoms with E-state index in [0.29, 0.717) is 50.6 Å². The first-order valence-electron chi connectivity index (χ1n) is 9.80. The van der Waals surface area contributed by atoms with Gasteiger partial charge in [-0.2, -0.15) is 0 Å². The SMILES string of the molecule is CC(=O)CSc1nc2c(c(=O)[nH]1)[C@@H](c1ccc(Cl)cc1Cl)C1=C(CC(C)(C)CC1=O)N2. The Kier molecular flexibility index (Phi) is 5.79. The first-order chi connectivity index (χ1) is 14.6. The number of thioether (sulfide) groups is 1. The molecule has 2 aromatic rings. The van der Waals surface area contributed by atoms with Crippen molar-refractivity contribution in [3.63, 3.8) is 0 Å². The van der Waals surface area contributed by atoms with Crippen molar-refractivity contribution in [3.8, 4) is 0 Å². The molecule has 31 heavy (non-hydrogen) atoms. The second-order valence-electron chi connectivity index (χ2n) is 8.68. The minimum atomic E-state index is -0.650. The number of ketones is 2. The van der Waals surface area contributed by atoms with Gasteiger partial charge in [0.1, 0.15) is 11.6 Å². The van der Waals surface area contributed by atoms with E-state index in [1.165, 1.54) is 6.92 Å². The zero-order chi connectivity index (χ0) is 22.5. The number of anilines is 1. The average Bonchev–Trinajstić information content (AvgIpc) is 2.64. The van der Waals surface area contributed by atoms with Crippen molar-refractivity contribution >= 4 is 52.3 Å². The number of nitrogens with zero attached hydrogens (tertiary/aromatic N) is 1. The first-order valence-corrected chi connectivity index (χ1v) is 11.5. The molecule has 0 bridgehead atoms. The minimum Gasteiger partial charge on any atom is -0.343 e. The highest BCUT2D eigenvalue weighted by atomic mass is 35.5. The third kappa shape index (κ3) is 4.31. The van der Waals surface area contributed by atoms with Crippen molar-refractivity contribution < 1.29 is 9.59 Å². The number of aromatic amines is 1. The molecule has 1 aromatic heterocycles. The molecular formula is C22H21Cl2N3O3S. The molecule has 0 amide bonds. The number of H-pyrrole nitrogens is 1. The monoisotopic (exact) mass is 477 g/mol. The van der Waals surface area contributed by atoms with E-state index in [9.17, 15) is 14.4 Å². The molecule has 0 spiro atoms. The zero-order valence-electron chi connectivity index (χ0n) is 17.3. The fourth-order valence-electron chi connectivity index (χ4n) is 4.18. The molecule has 2 heterocycles. The number of rotatable bonds is 4. The van der Waals surface area contributed by atoms with Crippen LogP contribution in [-0.2, 0) is 9.59 Å². The van der Waals surface area contributed by atoms with Crippen molar-refractivity contribution in [3.05, 3.63) is 61.0 Å². The Morgan fingerprint density at radius 3 is 2.68 bits per heavy atom. The number of carbonyl (C=O) groups is 2. The van der Waals surface area contributed by atoms with E-state index < -0.39 is 5.92 Å². The van der Waals surface area contributed by atoms with Crippen molar-refractivity contribution in [2.45, 2.75) is 44.7 Å². The number of fused-ring (bicyclic) bond motifs is 1. The van der Waals surface area contributed by atoms with Crippen LogP contribution in [0.5, 0.6) is 0 Å². The van der Waals surface area contributed by atoms with Crippen LogP contribution in [0, 0.1) is 5.41 Å². The standard InChI is InChI=1S/C22H21Cl2N3O3S/c1-10(28)9-31-21-26-19-18(20(30)27-21)16(12-5-4-11(23)6-13(12)24)17-14(25-19)7-22(2,3)8-15(17)29/h4-6,16H,7-9H2,1-3H3,(H2,25,26,27,30)/t16-/m0/s1. The summed E-state index contributed by atoms with van der Waals surface area (Å²) in [7, 11) is 0. The number of hydrogen-bond donors (Lipinski definition) is 2. The summed E-state index contributed by atoms with van der Waals surface area (Å²) in [5.41, 5.74) is 1.68. The maximum Gasteiger partial charge on any atom is 0.257 e. The summed E-state index contributed by atoms with van der Waals surface area (Å²) in [6.45, 7) is 5.55. The molecule has 0 radical (unpaired) electrons. The Morgan fingerprint density at radius 2 is 2.00 bits per heavy atom. The zero-order valence-corrected chi connectivity index (χ0v) is 19.6. The number of nitrogens with one attached hydrogen (secondary N) is 2. The molecule has 1 aromatic carbocycles. The molecule has 4 rings (SSSR count). The quantitative estimate of drug-likeness (QED) is 0.477. The molecule has 1 atom stereocenters. The van der Waals surface area contributed by atoms with Crippen molar-refractivity contribution in [1.29, 1.82) is 0 Å². The molecule has 0 saturated heterocycles. The Morgan fingerprint density at radius 1 is 1.26 bits per heavy atom. The fourth-order valence-corrected chi connectivity index (χ4v) is 5.36. The Balaban J connectivity index is 1.92. The molecule has 0 saturated carbocycles. The Labute approximate surface area is 193 Å². The lowest BCUT2D eigenvalue weighted by molar-refractivity contribution is -0.118. The van der Waals surface area contributed by atoms with Gasteiger partial charge in [0.05, 0.1) is 11.3 Å². The molecule has 1 aliphatic carbocycles. The van der Waals surface area contributed by atoms with Gasteiger partial charge in [0.15, 0.2) is 10.9 Å². The summed E-state index contributed by atoms with van der Waals surface area (Å²) in [4.78, 5) is 45.1. The molecule has 1 aliphatic heterocycles. The van der Waals surface area contributed by atoms with Crippen molar-refractivity contribution in [2.24, 2.45) is 5.41 Å². The molecule has 0 unspecified atom stereocenters. The van der Waals surface area contributed by atoms with E-state index in [1.54, 1.807) is 18.2 Å². The maximum absolute atomic E-state index is 13.2. The van der Waals surface area contributed by atoms with Gasteiger partial charge in [0, 0.05) is 33.7 Å². The van der Waals surface area contributed by atoms with Crippen LogP contribution in [0.25, 0.3) is 0 Å². The fraction of sp³-hybridized carbons (Fsp3) is 0.364. The van der Waals surface area contributed by atoms with E-state index in [4.69, 9.17) is 23.2 Å². The largest absolute Gasteiger partial charge is 0.343 e. The molecule has 2 N–H and O–H groups in total. The highest BCUT2D eigenvalue weighted by molar-refractivity contribution is 7.99. The van der Waals surface area contributed by atoms with E-state index in [1.807, 2.05) is 13.8 Å². The molecule has 6 nitrogen and oxygen atoms in total. The van der Waals surface area contributed by atoms with E-state index in [0.717, 1.165) is 17.5 Å². The summed E-state index contributed by atoms with van der Waals surface area (Å²) < 4.78 is 0. The van der Waals surface area contributed by atoms with Gasteiger partial charge in [0.25, 0.3) is 5.56 Å². The second-order valence-corrected chi connectivity index (χ2v) is 10.5. The van der Waals surface area contributed by atoms with E-state index in [2.05, 4.69) is 15.3 Å². The van der Waals surface area contributed by atoms with Gasteiger partial charge in [0.2, 0.25) is 0 Å². The number of benzene rings is 1. The number of carbonyl (C=O) groups excluding carboxylic acids is 2. The first kappa shape index (κ1) is 22.1. The van der Waals surface area contributed by atoms with Crippen LogP contribution in [0.4, 0.5) is 5.82 Å². The van der Waals surface area contributed by atoms with Crippen molar-refractivity contribution in [1.82, 2.24) is 9.97 Å². The Hall–Kier alpha value is -2.09. The molecule has 9 heteroatoms. The number of hydrogen-bond acceptors (Lipinski definition) is 6. The van der Waals surface area contributed by atoms with Crippen LogP contribution in [0.15, 0.2) is 39.4 Å². The van der Waals surface area contributed by atoms with Gasteiger partial charge in [-0.1, -0.05) is 54.9 Å². The van der Waals surface area contributed by atoms with Crippen LogP contribution in [-0.4, -0.2) is 27.3 Å². The lowest BCUT2D eigenvalue weighted by Crippen LogP contribution is -2.37. The Bertz CT molecular complexity index is 1200. The topological polar surface area (TPSA) is 91.9 Å². The van der Waals surface area contributed by atoms with Gasteiger partial charge in [-0.15, -0.1) is 0 Å². The smallest absolute Gasteiger partial charge is 0.257 e. The van der Waals surface area contributed by atoms with Gasteiger partial charge >= 0.3 is 0 Å². The molecule has 162 valence electrons.